The molecule has 106 valence electrons. The summed E-state index contributed by atoms with van der Waals surface area (Å²) in [6, 6.07) is 2.48. The Labute approximate surface area is 118 Å². The Kier molecular flexibility index (Phi) is 6.20. The van der Waals surface area contributed by atoms with Gasteiger partial charge in [-0.3, -0.25) is 0 Å². The van der Waals surface area contributed by atoms with E-state index in [1.54, 1.807) is 6.92 Å². The van der Waals surface area contributed by atoms with Crippen LogP contribution in [0, 0.1) is 5.82 Å². The molecule has 0 aliphatic rings. The molecule has 0 bridgehead atoms. The highest BCUT2D eigenvalue weighted by Gasteiger charge is 2.15. The zero-order valence-corrected chi connectivity index (χ0v) is 11.9. The molecule has 0 saturated carbocycles. The quantitative estimate of drug-likeness (QED) is 0.687. The van der Waals surface area contributed by atoms with Gasteiger partial charge in [-0.2, -0.15) is 0 Å². The van der Waals surface area contributed by atoms with E-state index in [-0.39, 0.29) is 24.4 Å². The van der Waals surface area contributed by atoms with Crippen molar-refractivity contribution in [1.29, 1.82) is 0 Å². The third-order valence-corrected chi connectivity index (χ3v) is 2.90. The molecule has 1 aromatic rings. The predicted molar refractivity (Wildman–Crippen MR) is 71.6 cm³/mol. The summed E-state index contributed by atoms with van der Waals surface area (Å²) < 4.78 is 18.9. The van der Waals surface area contributed by atoms with E-state index in [2.05, 4.69) is 21.2 Å². The van der Waals surface area contributed by atoms with Crippen molar-refractivity contribution in [1.82, 2.24) is 0 Å². The maximum Gasteiger partial charge on any atom is 0.338 e. The summed E-state index contributed by atoms with van der Waals surface area (Å²) in [6.07, 6.45) is -0.990. The van der Waals surface area contributed by atoms with Crippen molar-refractivity contribution in [3.8, 4) is 0 Å². The van der Waals surface area contributed by atoms with Gasteiger partial charge in [-0.25, -0.2) is 9.18 Å². The monoisotopic (exact) mass is 335 g/mol. The van der Waals surface area contributed by atoms with Crippen LogP contribution >= 0.6 is 15.9 Å². The van der Waals surface area contributed by atoms with E-state index in [0.29, 0.717) is 4.47 Å². The lowest BCUT2D eigenvalue weighted by Gasteiger charge is -2.13. The topological polar surface area (TPSA) is 78.8 Å². The van der Waals surface area contributed by atoms with Crippen molar-refractivity contribution in [2.24, 2.45) is 0 Å². The lowest BCUT2D eigenvalue weighted by Crippen LogP contribution is -2.23. The number of aliphatic hydroxyl groups excluding tert-OH is 2. The summed E-state index contributed by atoms with van der Waals surface area (Å²) in [5.41, 5.74) is 0.208. The first kappa shape index (κ1) is 15.9. The number of rotatable bonds is 6. The van der Waals surface area contributed by atoms with E-state index in [1.165, 1.54) is 6.07 Å². The average Bonchev–Trinajstić information content (AvgIpc) is 2.37. The third-order valence-electron chi connectivity index (χ3n) is 2.28. The second kappa shape index (κ2) is 7.42. The van der Waals surface area contributed by atoms with Gasteiger partial charge >= 0.3 is 5.97 Å². The molecular weight excluding hydrogens is 321 g/mol. The van der Waals surface area contributed by atoms with E-state index in [9.17, 15) is 14.3 Å². The molecule has 1 rings (SSSR count). The Morgan fingerprint density at radius 3 is 2.79 bits per heavy atom. The SMILES string of the molecule is CCOC(=O)c1cc(F)c(NCC(O)CO)c(Br)c1. The minimum absolute atomic E-state index is 0.00915. The van der Waals surface area contributed by atoms with Crippen LogP contribution in [0.2, 0.25) is 0 Å². The van der Waals surface area contributed by atoms with Crippen LogP contribution in [0.5, 0.6) is 0 Å². The van der Waals surface area contributed by atoms with Gasteiger partial charge in [0.15, 0.2) is 0 Å². The summed E-state index contributed by atoms with van der Waals surface area (Å²) in [4.78, 5) is 11.5. The van der Waals surface area contributed by atoms with Crippen LogP contribution in [0.1, 0.15) is 17.3 Å². The highest BCUT2D eigenvalue weighted by atomic mass is 79.9. The van der Waals surface area contributed by atoms with Crippen molar-refractivity contribution in [3.63, 3.8) is 0 Å². The third kappa shape index (κ3) is 4.45. The molecule has 19 heavy (non-hydrogen) atoms. The highest BCUT2D eigenvalue weighted by molar-refractivity contribution is 9.10. The summed E-state index contributed by atoms with van der Waals surface area (Å²) >= 11 is 3.14. The van der Waals surface area contributed by atoms with Crippen LogP contribution in [-0.4, -0.2) is 42.0 Å². The molecular formula is C12H15BrFNO4. The lowest BCUT2D eigenvalue weighted by molar-refractivity contribution is 0.0525. The van der Waals surface area contributed by atoms with Gasteiger partial charge in [-0.15, -0.1) is 0 Å². The van der Waals surface area contributed by atoms with Crippen molar-refractivity contribution in [2.45, 2.75) is 13.0 Å². The molecule has 0 aromatic heterocycles. The zero-order chi connectivity index (χ0) is 14.4. The molecule has 0 spiro atoms. The molecule has 0 aliphatic heterocycles. The predicted octanol–water partition coefficient (Wildman–Crippen LogP) is 1.53. The van der Waals surface area contributed by atoms with E-state index in [1.807, 2.05) is 0 Å². The number of benzene rings is 1. The van der Waals surface area contributed by atoms with Crippen molar-refractivity contribution >= 4 is 27.6 Å². The maximum absolute atomic E-state index is 13.8. The fourth-order valence-corrected chi connectivity index (χ4v) is 1.93. The minimum atomic E-state index is -0.990. The number of carbonyl (C=O) groups excluding carboxylic acids is 1. The lowest BCUT2D eigenvalue weighted by atomic mass is 10.2. The normalized spacial score (nSPS) is 12.1. The molecule has 7 heteroatoms. The first-order valence-corrected chi connectivity index (χ1v) is 6.47. The van der Waals surface area contributed by atoms with Gasteiger partial charge < -0.3 is 20.3 Å². The van der Waals surface area contributed by atoms with Gasteiger partial charge in [0.05, 0.1) is 30.6 Å². The van der Waals surface area contributed by atoms with Crippen molar-refractivity contribution in [3.05, 3.63) is 28.0 Å². The fourth-order valence-electron chi connectivity index (χ4n) is 1.36. The molecule has 0 amide bonds. The highest BCUT2D eigenvalue weighted by Crippen LogP contribution is 2.27. The summed E-state index contributed by atoms with van der Waals surface area (Å²) in [5.74, 6) is -1.26. The van der Waals surface area contributed by atoms with Crippen LogP contribution in [0.3, 0.4) is 0 Å². The second-order valence-corrected chi connectivity index (χ2v) is 4.61. The Hall–Kier alpha value is -1.18. The van der Waals surface area contributed by atoms with E-state index in [4.69, 9.17) is 9.84 Å². The van der Waals surface area contributed by atoms with Gasteiger partial charge in [-0.1, -0.05) is 0 Å². The number of ether oxygens (including phenoxy) is 1. The summed E-state index contributed by atoms with van der Waals surface area (Å²) in [7, 11) is 0. The van der Waals surface area contributed by atoms with Gasteiger partial charge in [0.2, 0.25) is 0 Å². The molecule has 0 heterocycles. The molecule has 3 N–H and O–H groups in total. The largest absolute Gasteiger partial charge is 0.462 e. The number of nitrogens with one attached hydrogen (secondary N) is 1. The number of carbonyl (C=O) groups is 1. The van der Waals surface area contributed by atoms with Crippen LogP contribution in [0.25, 0.3) is 0 Å². The average molecular weight is 336 g/mol. The fraction of sp³-hybridized carbons (Fsp3) is 0.417. The first-order chi connectivity index (χ1) is 8.99. The second-order valence-electron chi connectivity index (χ2n) is 3.75. The Morgan fingerprint density at radius 1 is 1.58 bits per heavy atom. The van der Waals surface area contributed by atoms with Gasteiger partial charge in [-0.05, 0) is 35.0 Å². The van der Waals surface area contributed by atoms with Crippen LogP contribution in [0.4, 0.5) is 10.1 Å². The van der Waals surface area contributed by atoms with Gasteiger partial charge in [0, 0.05) is 11.0 Å². The molecule has 0 aliphatic carbocycles. The maximum atomic E-state index is 13.8. The van der Waals surface area contributed by atoms with Gasteiger partial charge in [0.25, 0.3) is 0 Å². The summed E-state index contributed by atoms with van der Waals surface area (Å²) in [5, 5.41) is 20.5. The molecule has 0 fully saturated rings. The Balaban J connectivity index is 2.88. The van der Waals surface area contributed by atoms with Crippen LogP contribution in [-0.2, 0) is 4.74 Å². The molecule has 1 unspecified atom stereocenters. The standard InChI is InChI=1S/C12H15BrFNO4/c1-2-19-12(18)7-3-9(13)11(10(14)4-7)15-5-8(17)6-16/h3-4,8,15-17H,2,5-6H2,1H3. The minimum Gasteiger partial charge on any atom is -0.462 e. The number of hydrogen-bond donors (Lipinski definition) is 3. The molecule has 0 saturated heterocycles. The smallest absolute Gasteiger partial charge is 0.338 e. The zero-order valence-electron chi connectivity index (χ0n) is 10.3. The summed E-state index contributed by atoms with van der Waals surface area (Å²) in [6.45, 7) is 1.44. The van der Waals surface area contributed by atoms with E-state index in [0.717, 1.165) is 6.07 Å². The number of hydrogen-bond acceptors (Lipinski definition) is 5. The molecule has 0 radical (unpaired) electrons. The Morgan fingerprint density at radius 2 is 2.26 bits per heavy atom. The first-order valence-electron chi connectivity index (χ1n) is 5.68. The number of halogens is 2. The van der Waals surface area contributed by atoms with Crippen molar-refractivity contribution < 1.29 is 24.1 Å². The number of anilines is 1. The van der Waals surface area contributed by atoms with Crippen LogP contribution < -0.4 is 5.32 Å². The molecule has 1 atom stereocenters. The van der Waals surface area contributed by atoms with Crippen molar-refractivity contribution in [2.75, 3.05) is 25.1 Å². The van der Waals surface area contributed by atoms with E-state index >= 15 is 0 Å². The number of aliphatic hydroxyl groups is 2. The number of esters is 1. The Bertz CT molecular complexity index is 432. The molecule has 5 nitrogen and oxygen atoms in total. The van der Waals surface area contributed by atoms with E-state index < -0.39 is 24.5 Å². The molecule has 1 aromatic carbocycles. The van der Waals surface area contributed by atoms with Crippen LogP contribution in [0.15, 0.2) is 16.6 Å². The van der Waals surface area contributed by atoms with Gasteiger partial charge in [0.1, 0.15) is 5.82 Å².